The first kappa shape index (κ1) is 13.8. The summed E-state index contributed by atoms with van der Waals surface area (Å²) >= 11 is 0. The highest BCUT2D eigenvalue weighted by Gasteiger charge is 2.19. The highest BCUT2D eigenvalue weighted by atomic mass is 16.6. The largest absolute Gasteiger partial charge is 0.480 e. The van der Waals surface area contributed by atoms with E-state index >= 15 is 0 Å². The highest BCUT2D eigenvalue weighted by molar-refractivity contribution is 5.74. The van der Waals surface area contributed by atoms with E-state index < -0.39 is 30.9 Å². The third-order valence-corrected chi connectivity index (χ3v) is 1.52. The Kier molecular flexibility index (Phi) is 5.83. The normalized spacial score (nSPS) is 14.7. The quantitative estimate of drug-likeness (QED) is 0.371. The number of aliphatic hydroxyl groups excluding tert-OH is 1. The number of nitrogens with two attached hydrogens (primary N) is 1. The smallest absolute Gasteiger partial charge is 0.321 e. The topological polar surface area (TPSA) is 113 Å². The summed E-state index contributed by atoms with van der Waals surface area (Å²) < 4.78 is 4.61. The summed E-state index contributed by atoms with van der Waals surface area (Å²) in [7, 11) is 0. The van der Waals surface area contributed by atoms with Crippen molar-refractivity contribution in [2.45, 2.75) is 26.3 Å². The van der Waals surface area contributed by atoms with Gasteiger partial charge in [-0.3, -0.25) is 20.2 Å². The minimum atomic E-state index is -1.13. The number of rotatable bonds is 6. The van der Waals surface area contributed by atoms with Crippen LogP contribution < -0.4 is 5.73 Å². The van der Waals surface area contributed by atoms with E-state index in [1.54, 1.807) is 0 Å². The molecular formula is C8H16N2O5. The Morgan fingerprint density at radius 3 is 2.27 bits per heavy atom. The number of aliphatic carboxylic acids is 1. The van der Waals surface area contributed by atoms with Crippen LogP contribution in [-0.2, 0) is 14.3 Å². The van der Waals surface area contributed by atoms with Crippen molar-refractivity contribution in [3.63, 3.8) is 0 Å². The number of carboxylic acid groups (broad SMARTS) is 1. The number of carbonyl (C=O) groups excluding carboxylic acids is 1. The van der Waals surface area contributed by atoms with Crippen LogP contribution in [0.5, 0.6) is 0 Å². The lowest BCUT2D eigenvalue weighted by Crippen LogP contribution is -2.42. The molecule has 0 aromatic heterocycles. The van der Waals surface area contributed by atoms with Gasteiger partial charge in [0.15, 0.2) is 0 Å². The van der Waals surface area contributed by atoms with Crippen molar-refractivity contribution in [3.8, 4) is 0 Å². The zero-order valence-electron chi connectivity index (χ0n) is 8.71. The lowest BCUT2D eigenvalue weighted by Gasteiger charge is -2.22. The van der Waals surface area contributed by atoms with Crippen LogP contribution in [0.2, 0.25) is 0 Å². The molecule has 7 heteroatoms. The van der Waals surface area contributed by atoms with Crippen molar-refractivity contribution < 1.29 is 24.5 Å². The number of ether oxygens (including phenoxy) is 1. The van der Waals surface area contributed by atoms with Gasteiger partial charge in [0, 0.05) is 0 Å². The molecule has 0 saturated carbocycles. The number of carboxylic acids is 1. The van der Waals surface area contributed by atoms with Crippen molar-refractivity contribution in [1.82, 2.24) is 4.90 Å². The molecule has 15 heavy (non-hydrogen) atoms. The van der Waals surface area contributed by atoms with Gasteiger partial charge in [-0.15, -0.1) is 0 Å². The SMILES string of the molecule is CC(N)OC(=O)CN(CC(=O)O)C(C)O. The van der Waals surface area contributed by atoms with E-state index in [1.165, 1.54) is 13.8 Å². The molecule has 0 fully saturated rings. The van der Waals surface area contributed by atoms with Crippen LogP contribution in [0, 0.1) is 0 Å². The van der Waals surface area contributed by atoms with E-state index in [0.717, 1.165) is 4.90 Å². The predicted octanol–water partition coefficient (Wildman–Crippen LogP) is -1.44. The summed E-state index contributed by atoms with van der Waals surface area (Å²) in [6.07, 6.45) is -1.79. The fourth-order valence-electron chi connectivity index (χ4n) is 0.904. The third-order valence-electron chi connectivity index (χ3n) is 1.52. The van der Waals surface area contributed by atoms with E-state index in [0.29, 0.717) is 0 Å². The van der Waals surface area contributed by atoms with Crippen LogP contribution in [0.4, 0.5) is 0 Å². The van der Waals surface area contributed by atoms with E-state index in [2.05, 4.69) is 4.74 Å². The molecule has 0 bridgehead atoms. The van der Waals surface area contributed by atoms with E-state index in [1.807, 2.05) is 0 Å². The van der Waals surface area contributed by atoms with Crippen LogP contribution in [-0.4, -0.2) is 52.6 Å². The minimum absolute atomic E-state index is 0.314. The standard InChI is InChI=1S/C8H16N2O5/c1-5(9)15-8(14)4-10(6(2)11)3-7(12)13/h5-6,11H,3-4,9H2,1-2H3,(H,12,13). The van der Waals surface area contributed by atoms with Gasteiger partial charge in [-0.2, -0.15) is 0 Å². The number of esters is 1. The molecule has 0 aliphatic heterocycles. The van der Waals surface area contributed by atoms with Gasteiger partial charge in [0.2, 0.25) is 0 Å². The van der Waals surface area contributed by atoms with Crippen molar-refractivity contribution in [1.29, 1.82) is 0 Å². The summed E-state index contributed by atoms with van der Waals surface area (Å²) in [5, 5.41) is 17.7. The summed E-state index contributed by atoms with van der Waals surface area (Å²) in [6.45, 7) is 2.08. The maximum atomic E-state index is 11.1. The van der Waals surface area contributed by atoms with Crippen LogP contribution in [0.15, 0.2) is 0 Å². The minimum Gasteiger partial charge on any atom is -0.480 e. The molecule has 0 aliphatic carbocycles. The molecule has 0 heterocycles. The Morgan fingerprint density at radius 1 is 1.40 bits per heavy atom. The highest BCUT2D eigenvalue weighted by Crippen LogP contribution is 1.96. The zero-order valence-corrected chi connectivity index (χ0v) is 8.71. The number of nitrogens with zero attached hydrogens (tertiary/aromatic N) is 1. The van der Waals surface area contributed by atoms with Crippen molar-refractivity contribution in [2.75, 3.05) is 13.1 Å². The summed E-state index contributed by atoms with van der Waals surface area (Å²) in [5.74, 6) is -1.81. The molecule has 0 radical (unpaired) electrons. The maximum Gasteiger partial charge on any atom is 0.321 e. The number of hydrogen-bond donors (Lipinski definition) is 3. The Labute approximate surface area is 87.4 Å². The van der Waals surface area contributed by atoms with Crippen molar-refractivity contribution in [2.24, 2.45) is 5.73 Å². The molecule has 4 N–H and O–H groups in total. The monoisotopic (exact) mass is 220 g/mol. The molecule has 0 aliphatic rings. The van der Waals surface area contributed by atoms with Gasteiger partial charge >= 0.3 is 11.9 Å². The molecule has 7 nitrogen and oxygen atoms in total. The van der Waals surface area contributed by atoms with Crippen LogP contribution in [0.25, 0.3) is 0 Å². The molecule has 0 spiro atoms. The fourth-order valence-corrected chi connectivity index (χ4v) is 0.904. The van der Waals surface area contributed by atoms with Crippen molar-refractivity contribution >= 4 is 11.9 Å². The summed E-state index contributed by atoms with van der Waals surface area (Å²) in [6, 6.07) is 0. The first-order valence-corrected chi connectivity index (χ1v) is 4.42. The Morgan fingerprint density at radius 2 is 1.93 bits per heavy atom. The molecular weight excluding hydrogens is 204 g/mol. The number of carbonyl (C=O) groups is 2. The second-order valence-electron chi connectivity index (χ2n) is 3.13. The van der Waals surface area contributed by atoms with Gasteiger partial charge in [-0.05, 0) is 13.8 Å². The molecule has 0 amide bonds. The van der Waals surface area contributed by atoms with Crippen molar-refractivity contribution in [3.05, 3.63) is 0 Å². The molecule has 0 saturated heterocycles. The lowest BCUT2D eigenvalue weighted by atomic mass is 10.4. The average molecular weight is 220 g/mol. The molecule has 0 aromatic carbocycles. The third kappa shape index (κ3) is 6.83. The number of aliphatic hydroxyl groups is 1. The molecule has 2 unspecified atom stereocenters. The Hall–Kier alpha value is -1.18. The van der Waals surface area contributed by atoms with Gasteiger partial charge in [0.25, 0.3) is 0 Å². The molecule has 2 atom stereocenters. The van der Waals surface area contributed by atoms with Gasteiger partial charge in [0.05, 0.1) is 13.1 Å². The maximum absolute atomic E-state index is 11.1. The van der Waals surface area contributed by atoms with E-state index in [4.69, 9.17) is 15.9 Å². The lowest BCUT2D eigenvalue weighted by molar-refractivity contribution is -0.154. The van der Waals surface area contributed by atoms with Crippen LogP contribution in [0.3, 0.4) is 0 Å². The second-order valence-corrected chi connectivity index (χ2v) is 3.13. The first-order chi connectivity index (χ1) is 6.82. The number of hydrogen-bond acceptors (Lipinski definition) is 6. The van der Waals surface area contributed by atoms with Gasteiger partial charge in [-0.25, -0.2) is 0 Å². The molecule has 0 aromatic rings. The predicted molar refractivity (Wildman–Crippen MR) is 50.6 cm³/mol. The van der Waals surface area contributed by atoms with E-state index in [9.17, 15) is 9.59 Å². The van der Waals surface area contributed by atoms with Gasteiger partial charge in [0.1, 0.15) is 12.5 Å². The Balaban J connectivity index is 4.16. The van der Waals surface area contributed by atoms with Gasteiger partial charge < -0.3 is 14.9 Å². The van der Waals surface area contributed by atoms with Gasteiger partial charge in [-0.1, -0.05) is 0 Å². The molecule has 88 valence electrons. The Bertz CT molecular complexity index is 229. The van der Waals surface area contributed by atoms with Crippen LogP contribution in [0.1, 0.15) is 13.8 Å². The van der Waals surface area contributed by atoms with Crippen LogP contribution >= 0.6 is 0 Å². The molecule has 0 rings (SSSR count). The van der Waals surface area contributed by atoms with E-state index in [-0.39, 0.29) is 6.54 Å². The summed E-state index contributed by atoms with van der Waals surface area (Å²) in [4.78, 5) is 22.5. The zero-order chi connectivity index (χ0) is 12.0. The average Bonchev–Trinajstić information content (AvgIpc) is 1.99. The second kappa shape index (κ2) is 6.33. The summed E-state index contributed by atoms with van der Waals surface area (Å²) in [5.41, 5.74) is 5.21. The fraction of sp³-hybridized carbons (Fsp3) is 0.750. The first-order valence-electron chi connectivity index (χ1n) is 4.42.